The molecule has 3 nitrogen and oxygen atoms in total. The highest BCUT2D eigenvalue weighted by molar-refractivity contribution is 5.25. The van der Waals surface area contributed by atoms with E-state index >= 15 is 0 Å². The van der Waals surface area contributed by atoms with Crippen LogP contribution in [0.2, 0.25) is 0 Å². The third-order valence-corrected chi connectivity index (χ3v) is 3.53. The molecule has 3 rings (SSSR count). The number of aryl methyl sites for hydroxylation is 1. The normalized spacial score (nSPS) is 30.1. The summed E-state index contributed by atoms with van der Waals surface area (Å²) in [5.74, 6) is 1.83. The first-order chi connectivity index (χ1) is 6.75. The van der Waals surface area contributed by atoms with Gasteiger partial charge in [0.15, 0.2) is 0 Å². The highest BCUT2D eigenvalue weighted by atomic mass is 15.1. The van der Waals surface area contributed by atoms with Crippen LogP contribution in [0.1, 0.15) is 42.9 Å². The Morgan fingerprint density at radius 2 is 2.29 bits per heavy atom. The topological polar surface area (TPSA) is 43.8 Å². The minimum absolute atomic E-state index is 0.330. The third-order valence-electron chi connectivity index (χ3n) is 3.53. The number of nitrogens with two attached hydrogens (primary N) is 1. The molecular weight excluding hydrogens is 174 g/mol. The molecule has 2 N–H and O–H groups in total. The van der Waals surface area contributed by atoms with E-state index in [1.807, 2.05) is 0 Å². The van der Waals surface area contributed by atoms with Crippen molar-refractivity contribution >= 4 is 0 Å². The van der Waals surface area contributed by atoms with Crippen molar-refractivity contribution in [3.8, 4) is 0 Å². The SMILES string of the molecule is CC1CC(N)Cn2c1nc1c2CCC1. The van der Waals surface area contributed by atoms with Crippen LogP contribution in [0.15, 0.2) is 0 Å². The predicted octanol–water partition coefficient (Wildman–Crippen LogP) is 1.21. The van der Waals surface area contributed by atoms with Crippen LogP contribution in [0.5, 0.6) is 0 Å². The molecule has 0 amide bonds. The van der Waals surface area contributed by atoms with Crippen molar-refractivity contribution < 1.29 is 0 Å². The van der Waals surface area contributed by atoms with Gasteiger partial charge in [-0.1, -0.05) is 6.92 Å². The first-order valence-corrected chi connectivity index (χ1v) is 5.59. The Kier molecular flexibility index (Phi) is 1.71. The lowest BCUT2D eigenvalue weighted by Gasteiger charge is -2.26. The van der Waals surface area contributed by atoms with E-state index in [-0.39, 0.29) is 0 Å². The number of imidazole rings is 1. The average Bonchev–Trinajstić information content (AvgIpc) is 2.65. The molecule has 3 heteroatoms. The molecule has 0 fully saturated rings. The monoisotopic (exact) mass is 191 g/mol. The largest absolute Gasteiger partial charge is 0.330 e. The Labute approximate surface area is 84.3 Å². The van der Waals surface area contributed by atoms with Gasteiger partial charge >= 0.3 is 0 Å². The van der Waals surface area contributed by atoms with E-state index in [1.165, 1.54) is 36.5 Å². The van der Waals surface area contributed by atoms with Crippen LogP contribution < -0.4 is 5.73 Å². The molecule has 1 aromatic rings. The smallest absolute Gasteiger partial charge is 0.112 e. The zero-order valence-corrected chi connectivity index (χ0v) is 8.66. The lowest BCUT2D eigenvalue weighted by atomic mass is 9.97. The van der Waals surface area contributed by atoms with Gasteiger partial charge < -0.3 is 10.3 Å². The van der Waals surface area contributed by atoms with E-state index in [4.69, 9.17) is 10.7 Å². The zero-order chi connectivity index (χ0) is 9.71. The molecule has 0 bridgehead atoms. The number of hydrogen-bond donors (Lipinski definition) is 1. The summed E-state index contributed by atoms with van der Waals surface area (Å²) < 4.78 is 2.39. The second-order valence-corrected chi connectivity index (χ2v) is 4.72. The number of nitrogens with zero attached hydrogens (tertiary/aromatic N) is 2. The van der Waals surface area contributed by atoms with Gasteiger partial charge in [0.05, 0.1) is 5.69 Å². The Bertz CT molecular complexity index is 367. The van der Waals surface area contributed by atoms with Crippen molar-refractivity contribution in [2.45, 2.75) is 51.1 Å². The summed E-state index contributed by atoms with van der Waals surface area (Å²) in [6.45, 7) is 3.23. The predicted molar refractivity (Wildman–Crippen MR) is 55.3 cm³/mol. The molecule has 0 saturated heterocycles. The van der Waals surface area contributed by atoms with Gasteiger partial charge in [0, 0.05) is 24.2 Å². The molecule has 0 aromatic carbocycles. The molecule has 2 unspecified atom stereocenters. The molecule has 1 aliphatic carbocycles. The maximum Gasteiger partial charge on any atom is 0.112 e. The fourth-order valence-corrected chi connectivity index (χ4v) is 2.91. The van der Waals surface area contributed by atoms with Gasteiger partial charge in [0.25, 0.3) is 0 Å². The fourth-order valence-electron chi connectivity index (χ4n) is 2.91. The number of fused-ring (bicyclic) bond motifs is 3. The Morgan fingerprint density at radius 3 is 3.14 bits per heavy atom. The van der Waals surface area contributed by atoms with Crippen LogP contribution in [0.25, 0.3) is 0 Å². The number of rotatable bonds is 0. The van der Waals surface area contributed by atoms with Gasteiger partial charge in [-0.2, -0.15) is 0 Å². The van der Waals surface area contributed by atoms with Gasteiger partial charge in [-0.25, -0.2) is 4.98 Å². The second-order valence-electron chi connectivity index (χ2n) is 4.72. The maximum atomic E-state index is 6.04. The van der Waals surface area contributed by atoms with Crippen LogP contribution in [0.3, 0.4) is 0 Å². The van der Waals surface area contributed by atoms with E-state index < -0.39 is 0 Å². The van der Waals surface area contributed by atoms with E-state index in [2.05, 4.69) is 11.5 Å². The molecular formula is C11H17N3. The maximum absolute atomic E-state index is 6.04. The first kappa shape index (κ1) is 8.48. The van der Waals surface area contributed by atoms with Gasteiger partial charge in [-0.05, 0) is 25.7 Å². The molecule has 0 saturated carbocycles. The van der Waals surface area contributed by atoms with Crippen LogP contribution in [0, 0.1) is 0 Å². The van der Waals surface area contributed by atoms with E-state index in [0.717, 1.165) is 13.0 Å². The van der Waals surface area contributed by atoms with Crippen molar-refractivity contribution in [2.24, 2.45) is 5.73 Å². The average molecular weight is 191 g/mol. The summed E-state index contributed by atoms with van der Waals surface area (Å²) in [7, 11) is 0. The number of aromatic nitrogens is 2. The van der Waals surface area contributed by atoms with Crippen molar-refractivity contribution in [1.82, 2.24) is 9.55 Å². The number of hydrogen-bond acceptors (Lipinski definition) is 2. The van der Waals surface area contributed by atoms with Gasteiger partial charge in [0.1, 0.15) is 5.82 Å². The van der Waals surface area contributed by atoms with Crippen molar-refractivity contribution in [1.29, 1.82) is 0 Å². The summed E-state index contributed by atoms with van der Waals surface area (Å²) in [5, 5.41) is 0. The summed E-state index contributed by atoms with van der Waals surface area (Å²) in [5.41, 5.74) is 8.87. The van der Waals surface area contributed by atoms with Crippen LogP contribution in [-0.2, 0) is 19.4 Å². The second kappa shape index (κ2) is 2.83. The summed E-state index contributed by atoms with van der Waals surface area (Å²) in [6, 6.07) is 0.330. The minimum Gasteiger partial charge on any atom is -0.330 e. The van der Waals surface area contributed by atoms with Crippen molar-refractivity contribution in [3.05, 3.63) is 17.2 Å². The lowest BCUT2D eigenvalue weighted by molar-refractivity contribution is 0.399. The summed E-state index contributed by atoms with van der Waals surface area (Å²) >= 11 is 0. The Morgan fingerprint density at radius 1 is 1.43 bits per heavy atom. The third kappa shape index (κ3) is 1.05. The quantitative estimate of drug-likeness (QED) is 0.669. The molecule has 2 heterocycles. The molecule has 2 atom stereocenters. The van der Waals surface area contributed by atoms with E-state index in [1.54, 1.807) is 0 Å². The fraction of sp³-hybridized carbons (Fsp3) is 0.727. The van der Waals surface area contributed by atoms with Crippen LogP contribution in [-0.4, -0.2) is 15.6 Å². The molecule has 2 aliphatic rings. The highest BCUT2D eigenvalue weighted by Gasteiger charge is 2.29. The van der Waals surface area contributed by atoms with Crippen LogP contribution >= 0.6 is 0 Å². The van der Waals surface area contributed by atoms with Crippen molar-refractivity contribution in [2.75, 3.05) is 0 Å². The van der Waals surface area contributed by atoms with Gasteiger partial charge in [-0.15, -0.1) is 0 Å². The Hall–Kier alpha value is -0.830. The molecule has 14 heavy (non-hydrogen) atoms. The molecule has 76 valence electrons. The van der Waals surface area contributed by atoms with E-state index in [9.17, 15) is 0 Å². The molecule has 1 aliphatic heterocycles. The standard InChI is InChI=1S/C11H17N3/c1-7-5-8(12)6-14-10-4-2-3-9(10)13-11(7)14/h7-8H,2-6,12H2,1H3. The molecule has 0 radical (unpaired) electrons. The summed E-state index contributed by atoms with van der Waals surface area (Å²) in [6.07, 6.45) is 4.76. The van der Waals surface area contributed by atoms with Gasteiger partial charge in [0.2, 0.25) is 0 Å². The lowest BCUT2D eigenvalue weighted by Crippen LogP contribution is -2.34. The highest BCUT2D eigenvalue weighted by Crippen LogP contribution is 2.31. The van der Waals surface area contributed by atoms with E-state index in [0.29, 0.717) is 12.0 Å². The minimum atomic E-state index is 0.330. The van der Waals surface area contributed by atoms with Crippen molar-refractivity contribution in [3.63, 3.8) is 0 Å². The Balaban J connectivity index is 2.10. The molecule has 0 spiro atoms. The summed E-state index contributed by atoms with van der Waals surface area (Å²) in [4.78, 5) is 4.75. The zero-order valence-electron chi connectivity index (χ0n) is 8.66. The van der Waals surface area contributed by atoms with Crippen LogP contribution in [0.4, 0.5) is 0 Å². The molecule has 1 aromatic heterocycles. The van der Waals surface area contributed by atoms with Gasteiger partial charge in [-0.3, -0.25) is 0 Å². The first-order valence-electron chi connectivity index (χ1n) is 5.59.